The molecule has 0 aliphatic carbocycles. The van der Waals surface area contributed by atoms with Gasteiger partial charge in [0.15, 0.2) is 27.1 Å². The monoisotopic (exact) mass is 388 g/mol. The van der Waals surface area contributed by atoms with Gasteiger partial charge in [-0.05, 0) is 42.5 Å². The van der Waals surface area contributed by atoms with Gasteiger partial charge in [0, 0.05) is 6.42 Å². The van der Waals surface area contributed by atoms with Crippen molar-refractivity contribution in [2.24, 2.45) is 0 Å². The highest BCUT2D eigenvalue weighted by Gasteiger charge is 2.32. The largest absolute Gasteiger partial charge is 0.458 e. The van der Waals surface area contributed by atoms with Gasteiger partial charge in [-0.15, -0.1) is 0 Å². The normalized spacial score (nSPS) is 15.0. The van der Waals surface area contributed by atoms with Crippen LogP contribution in [0.15, 0.2) is 60.7 Å². The topological polar surface area (TPSA) is 18.5 Å². The van der Waals surface area contributed by atoms with Crippen LogP contribution in [0.3, 0.4) is 0 Å². The summed E-state index contributed by atoms with van der Waals surface area (Å²) in [7, 11) is -3.28. The van der Waals surface area contributed by atoms with E-state index in [0.717, 1.165) is 6.42 Å². The van der Waals surface area contributed by atoms with Crippen LogP contribution in [-0.2, 0) is 15.0 Å². The average Bonchev–Trinajstić information content (AvgIpc) is 2.59. The Balaban J connectivity index is 2.06. The van der Waals surface area contributed by atoms with Gasteiger partial charge in [0.1, 0.15) is 0 Å². The van der Waals surface area contributed by atoms with E-state index in [1.54, 1.807) is 0 Å². The minimum Gasteiger partial charge on any atom is -0.458 e. The number of hydrogen-bond donors (Lipinski definition) is 0. The second-order valence-corrected chi connectivity index (χ2v) is 17.5. The molecule has 0 bridgehead atoms. The van der Waals surface area contributed by atoms with Crippen molar-refractivity contribution in [2.45, 2.75) is 50.8 Å². The summed E-state index contributed by atoms with van der Waals surface area (Å²) in [5.74, 6) is 0. The van der Waals surface area contributed by atoms with Crippen LogP contribution in [0, 0.1) is 0 Å². The summed E-state index contributed by atoms with van der Waals surface area (Å²) in [6, 6.07) is 21.3. The lowest BCUT2D eigenvalue weighted by atomic mass is 10.0. The molecule has 2 aromatic rings. The van der Waals surface area contributed by atoms with E-state index in [-0.39, 0.29) is 6.10 Å². The summed E-state index contributed by atoms with van der Waals surface area (Å²) < 4.78 is 13.0. The van der Waals surface area contributed by atoms with Gasteiger partial charge >= 0.3 is 0 Å². The van der Waals surface area contributed by atoms with Crippen LogP contribution in [0.2, 0.25) is 31.4 Å². The first-order valence-corrected chi connectivity index (χ1v) is 16.4. The summed E-state index contributed by atoms with van der Waals surface area (Å²) in [5.41, 5.74) is 2.62. The maximum atomic E-state index is 6.57. The molecule has 2 nitrogen and oxygen atoms in total. The van der Waals surface area contributed by atoms with Crippen molar-refractivity contribution < 1.29 is 8.54 Å². The molecule has 0 aliphatic heterocycles. The average molecular weight is 389 g/mol. The molecule has 5 heteroatoms. The smallest absolute Gasteiger partial charge is 0.175 e. The van der Waals surface area contributed by atoms with Gasteiger partial charge in [0.25, 0.3) is 0 Å². The standard InChI is InChI=1S/C20H32O2Si3/c1-17(25(4,5)22-24(2)3)23-21-20(19-14-10-7-11-15-19)16-18-12-8-6-9-13-18/h6-15,17,20,24H,16,23H2,1-5H3. The second kappa shape index (κ2) is 9.64. The molecule has 0 amide bonds. The second-order valence-electron chi connectivity index (χ2n) is 7.59. The SMILES string of the molecule is CC([SiH2]OC(Cc1ccccc1)c1ccccc1)[Si](C)(C)O[SiH](C)C. The summed E-state index contributed by atoms with van der Waals surface area (Å²) in [4.78, 5) is 0. The van der Waals surface area contributed by atoms with Crippen molar-refractivity contribution >= 4 is 27.1 Å². The van der Waals surface area contributed by atoms with Crippen LogP contribution >= 0.6 is 0 Å². The molecule has 0 saturated carbocycles. The molecule has 0 fully saturated rings. The zero-order valence-corrected chi connectivity index (χ0v) is 19.8. The molecular weight excluding hydrogens is 356 g/mol. The van der Waals surface area contributed by atoms with E-state index in [2.05, 4.69) is 93.8 Å². The van der Waals surface area contributed by atoms with Gasteiger partial charge in [-0.1, -0.05) is 67.6 Å². The van der Waals surface area contributed by atoms with Crippen LogP contribution in [0.1, 0.15) is 24.2 Å². The van der Waals surface area contributed by atoms with Crippen molar-refractivity contribution in [3.63, 3.8) is 0 Å². The molecule has 0 saturated heterocycles. The summed E-state index contributed by atoms with van der Waals surface area (Å²) in [6.07, 6.45) is 1.09. The van der Waals surface area contributed by atoms with Gasteiger partial charge in [0.2, 0.25) is 0 Å². The van der Waals surface area contributed by atoms with E-state index in [1.165, 1.54) is 11.1 Å². The number of hydrogen-bond acceptors (Lipinski definition) is 2. The van der Waals surface area contributed by atoms with Gasteiger partial charge in [-0.3, -0.25) is 0 Å². The van der Waals surface area contributed by atoms with Crippen molar-refractivity contribution in [1.29, 1.82) is 0 Å². The van der Waals surface area contributed by atoms with E-state index in [0.29, 0.717) is 5.16 Å². The van der Waals surface area contributed by atoms with E-state index in [4.69, 9.17) is 8.54 Å². The highest BCUT2D eigenvalue weighted by atomic mass is 28.4. The molecule has 136 valence electrons. The predicted molar refractivity (Wildman–Crippen MR) is 116 cm³/mol. The predicted octanol–water partition coefficient (Wildman–Crippen LogP) is 4.62. The van der Waals surface area contributed by atoms with Crippen molar-refractivity contribution in [2.75, 3.05) is 0 Å². The molecule has 25 heavy (non-hydrogen) atoms. The van der Waals surface area contributed by atoms with Gasteiger partial charge < -0.3 is 8.54 Å². The zero-order valence-electron chi connectivity index (χ0n) is 16.2. The molecule has 0 spiro atoms. The molecule has 0 aromatic heterocycles. The van der Waals surface area contributed by atoms with Crippen LogP contribution in [0.4, 0.5) is 0 Å². The van der Waals surface area contributed by atoms with E-state index in [9.17, 15) is 0 Å². The first-order valence-electron chi connectivity index (χ1n) is 9.27. The Labute approximate surface area is 158 Å². The van der Waals surface area contributed by atoms with E-state index < -0.39 is 27.1 Å². The van der Waals surface area contributed by atoms with E-state index in [1.807, 2.05) is 0 Å². The van der Waals surface area contributed by atoms with Gasteiger partial charge in [-0.2, -0.15) is 0 Å². The first-order chi connectivity index (χ1) is 11.9. The van der Waals surface area contributed by atoms with Gasteiger partial charge in [-0.25, -0.2) is 0 Å². The molecule has 2 atom stereocenters. The molecule has 2 rings (SSSR count). The highest BCUT2D eigenvalue weighted by Crippen LogP contribution is 2.27. The van der Waals surface area contributed by atoms with Crippen molar-refractivity contribution in [1.82, 2.24) is 0 Å². The molecule has 0 N–H and O–H groups in total. The minimum atomic E-state index is -1.63. The Morgan fingerprint density at radius 1 is 0.960 bits per heavy atom. The van der Waals surface area contributed by atoms with Crippen molar-refractivity contribution in [3.8, 4) is 0 Å². The molecule has 0 heterocycles. The lowest BCUT2D eigenvalue weighted by Gasteiger charge is -2.32. The van der Waals surface area contributed by atoms with Crippen LogP contribution < -0.4 is 0 Å². The number of rotatable bonds is 9. The maximum Gasteiger partial charge on any atom is 0.175 e. The molecule has 0 radical (unpaired) electrons. The first kappa shape index (κ1) is 20.3. The quantitative estimate of drug-likeness (QED) is 0.583. The Morgan fingerprint density at radius 2 is 1.52 bits per heavy atom. The summed E-state index contributed by atoms with van der Waals surface area (Å²) in [5, 5.41) is 0.615. The van der Waals surface area contributed by atoms with Gasteiger partial charge in [0.05, 0.1) is 6.10 Å². The fourth-order valence-corrected chi connectivity index (χ4v) is 12.3. The third-order valence-electron chi connectivity index (χ3n) is 4.71. The van der Waals surface area contributed by atoms with Crippen LogP contribution in [-0.4, -0.2) is 27.1 Å². The Bertz CT molecular complexity index is 617. The lowest BCUT2D eigenvalue weighted by molar-refractivity contribution is 0.215. The highest BCUT2D eigenvalue weighted by molar-refractivity contribution is 6.84. The fourth-order valence-electron chi connectivity index (χ4n) is 2.95. The van der Waals surface area contributed by atoms with Crippen molar-refractivity contribution in [3.05, 3.63) is 71.8 Å². The van der Waals surface area contributed by atoms with Crippen LogP contribution in [0.5, 0.6) is 0 Å². The number of benzene rings is 2. The Morgan fingerprint density at radius 3 is 2.08 bits per heavy atom. The molecular formula is C20H32O2Si3. The fraction of sp³-hybridized carbons (Fsp3) is 0.400. The Hall–Kier alpha value is -0.989. The summed E-state index contributed by atoms with van der Waals surface area (Å²) >= 11 is 0. The van der Waals surface area contributed by atoms with E-state index >= 15 is 0 Å². The molecule has 0 aliphatic rings. The third kappa shape index (κ3) is 6.67. The summed E-state index contributed by atoms with van der Waals surface area (Å²) in [6.45, 7) is 11.6. The van der Waals surface area contributed by atoms with Crippen LogP contribution in [0.25, 0.3) is 0 Å². The lowest BCUT2D eigenvalue weighted by Crippen LogP contribution is -2.42. The Kier molecular flexibility index (Phi) is 7.83. The molecule has 2 aromatic carbocycles. The zero-order chi connectivity index (χ0) is 18.3. The molecule has 2 unspecified atom stereocenters. The maximum absolute atomic E-state index is 6.57. The third-order valence-corrected chi connectivity index (χ3v) is 15.9. The minimum absolute atomic E-state index is 0.152.